The Balaban J connectivity index is 2.49. The van der Waals surface area contributed by atoms with Crippen LogP contribution in [0, 0.1) is 0 Å². The third-order valence-electron chi connectivity index (χ3n) is 2.29. The van der Waals surface area contributed by atoms with E-state index in [4.69, 9.17) is 15.2 Å². The number of nitrogen functional groups attached to an aromatic ring is 1. The van der Waals surface area contributed by atoms with Crippen LogP contribution in [-0.2, 0) is 4.74 Å². The van der Waals surface area contributed by atoms with Gasteiger partial charge in [0.15, 0.2) is 5.78 Å². The van der Waals surface area contributed by atoms with Crippen molar-refractivity contribution >= 4 is 11.5 Å². The zero-order valence-corrected chi connectivity index (χ0v) is 11.4. The highest BCUT2D eigenvalue weighted by molar-refractivity contribution is 5.99. The van der Waals surface area contributed by atoms with Gasteiger partial charge >= 0.3 is 0 Å². The van der Waals surface area contributed by atoms with Gasteiger partial charge in [0.25, 0.3) is 0 Å². The Kier molecular flexibility index (Phi) is 4.73. The van der Waals surface area contributed by atoms with E-state index in [1.807, 2.05) is 20.8 Å². The molecule has 100 valence electrons. The third-order valence-corrected chi connectivity index (χ3v) is 2.29. The second-order valence-corrected chi connectivity index (χ2v) is 5.11. The number of Topliss-reactive ketones (excluding diaryl/α,β-unsaturated/α-hetero) is 1. The van der Waals surface area contributed by atoms with Crippen LogP contribution in [0.15, 0.2) is 18.2 Å². The van der Waals surface area contributed by atoms with Gasteiger partial charge in [-0.15, -0.1) is 0 Å². The van der Waals surface area contributed by atoms with Gasteiger partial charge < -0.3 is 15.2 Å². The Hall–Kier alpha value is -1.55. The van der Waals surface area contributed by atoms with Gasteiger partial charge in [0.2, 0.25) is 0 Å². The molecule has 0 aliphatic heterocycles. The van der Waals surface area contributed by atoms with E-state index >= 15 is 0 Å². The molecule has 1 aromatic carbocycles. The molecular formula is C14H21NO3. The molecule has 0 bridgehead atoms. The number of rotatable bonds is 5. The van der Waals surface area contributed by atoms with Crippen molar-refractivity contribution in [1.29, 1.82) is 0 Å². The number of hydrogen-bond donors (Lipinski definition) is 1. The molecule has 0 aromatic heterocycles. The summed E-state index contributed by atoms with van der Waals surface area (Å²) in [7, 11) is 0. The molecular weight excluding hydrogens is 230 g/mol. The predicted molar refractivity (Wildman–Crippen MR) is 72.1 cm³/mol. The Morgan fingerprint density at radius 1 is 1.28 bits per heavy atom. The molecule has 2 N–H and O–H groups in total. The van der Waals surface area contributed by atoms with Crippen LogP contribution in [0.4, 0.5) is 5.69 Å². The second kappa shape index (κ2) is 5.87. The Morgan fingerprint density at radius 2 is 1.94 bits per heavy atom. The summed E-state index contributed by atoms with van der Waals surface area (Å²) >= 11 is 0. The van der Waals surface area contributed by atoms with Crippen molar-refractivity contribution in [1.82, 2.24) is 0 Å². The van der Waals surface area contributed by atoms with Crippen molar-refractivity contribution in [3.63, 3.8) is 0 Å². The molecule has 0 radical (unpaired) electrons. The zero-order valence-electron chi connectivity index (χ0n) is 11.4. The van der Waals surface area contributed by atoms with Crippen LogP contribution >= 0.6 is 0 Å². The number of carbonyl (C=O) groups excluding carboxylic acids is 1. The van der Waals surface area contributed by atoms with Gasteiger partial charge in [-0.25, -0.2) is 0 Å². The fourth-order valence-electron chi connectivity index (χ4n) is 1.46. The number of nitrogens with two attached hydrogens (primary N) is 1. The quantitative estimate of drug-likeness (QED) is 0.496. The number of ketones is 1. The van der Waals surface area contributed by atoms with Gasteiger partial charge in [-0.2, -0.15) is 0 Å². The number of carbonyl (C=O) groups is 1. The van der Waals surface area contributed by atoms with Crippen LogP contribution in [0.5, 0.6) is 5.75 Å². The first-order valence-corrected chi connectivity index (χ1v) is 5.97. The van der Waals surface area contributed by atoms with E-state index in [1.54, 1.807) is 18.2 Å². The molecule has 18 heavy (non-hydrogen) atoms. The van der Waals surface area contributed by atoms with Crippen molar-refractivity contribution in [3.05, 3.63) is 23.8 Å². The molecule has 0 unspecified atom stereocenters. The summed E-state index contributed by atoms with van der Waals surface area (Å²) in [5, 5.41) is 0. The Morgan fingerprint density at radius 3 is 2.44 bits per heavy atom. The number of benzene rings is 1. The molecule has 0 fully saturated rings. The molecule has 0 saturated carbocycles. The maximum absolute atomic E-state index is 11.2. The van der Waals surface area contributed by atoms with Gasteiger partial charge in [-0.05, 0) is 39.8 Å². The second-order valence-electron chi connectivity index (χ2n) is 5.11. The van der Waals surface area contributed by atoms with Crippen molar-refractivity contribution in [2.24, 2.45) is 0 Å². The lowest BCUT2D eigenvalue weighted by molar-refractivity contribution is -0.0163. The van der Waals surface area contributed by atoms with E-state index in [0.29, 0.717) is 30.2 Å². The maximum atomic E-state index is 11.2. The summed E-state index contributed by atoms with van der Waals surface area (Å²) < 4.78 is 11.0. The summed E-state index contributed by atoms with van der Waals surface area (Å²) in [6.07, 6.45) is 0. The SMILES string of the molecule is CC(=O)c1ccc(OCCOC(C)(C)C)cc1N. The fourth-order valence-corrected chi connectivity index (χ4v) is 1.46. The monoisotopic (exact) mass is 251 g/mol. The lowest BCUT2D eigenvalue weighted by Gasteiger charge is -2.19. The van der Waals surface area contributed by atoms with E-state index < -0.39 is 0 Å². The summed E-state index contributed by atoms with van der Waals surface area (Å²) in [6, 6.07) is 5.08. The van der Waals surface area contributed by atoms with Gasteiger partial charge in [0.1, 0.15) is 12.4 Å². The molecule has 0 spiro atoms. The van der Waals surface area contributed by atoms with E-state index in [0.717, 1.165) is 0 Å². The van der Waals surface area contributed by atoms with E-state index in [2.05, 4.69) is 0 Å². The fraction of sp³-hybridized carbons (Fsp3) is 0.500. The van der Waals surface area contributed by atoms with E-state index in [-0.39, 0.29) is 11.4 Å². The highest BCUT2D eigenvalue weighted by Crippen LogP contribution is 2.20. The highest BCUT2D eigenvalue weighted by atomic mass is 16.5. The number of ether oxygens (including phenoxy) is 2. The van der Waals surface area contributed by atoms with Crippen LogP contribution in [0.2, 0.25) is 0 Å². The summed E-state index contributed by atoms with van der Waals surface area (Å²) in [5.41, 5.74) is 6.56. The molecule has 0 amide bonds. The number of hydrogen-bond acceptors (Lipinski definition) is 4. The third kappa shape index (κ3) is 4.75. The first kappa shape index (κ1) is 14.5. The van der Waals surface area contributed by atoms with Gasteiger partial charge in [-0.1, -0.05) is 0 Å². The zero-order chi connectivity index (χ0) is 13.8. The standard InChI is InChI=1S/C14H21NO3/c1-10(16)12-6-5-11(9-13(12)15)17-7-8-18-14(2,3)4/h5-6,9H,7-8,15H2,1-4H3. The topological polar surface area (TPSA) is 61.5 Å². The lowest BCUT2D eigenvalue weighted by Crippen LogP contribution is -2.22. The summed E-state index contributed by atoms with van der Waals surface area (Å²) in [5.74, 6) is 0.602. The normalized spacial score (nSPS) is 11.3. The summed E-state index contributed by atoms with van der Waals surface area (Å²) in [6.45, 7) is 8.43. The summed E-state index contributed by atoms with van der Waals surface area (Å²) in [4.78, 5) is 11.2. The van der Waals surface area contributed by atoms with Crippen LogP contribution in [0.3, 0.4) is 0 Å². The average molecular weight is 251 g/mol. The lowest BCUT2D eigenvalue weighted by atomic mass is 10.1. The number of anilines is 1. The first-order valence-electron chi connectivity index (χ1n) is 5.97. The van der Waals surface area contributed by atoms with Crippen LogP contribution in [0.25, 0.3) is 0 Å². The minimum atomic E-state index is -0.166. The molecule has 0 heterocycles. The van der Waals surface area contributed by atoms with Crippen molar-refractivity contribution in [3.8, 4) is 5.75 Å². The molecule has 4 nitrogen and oxygen atoms in total. The van der Waals surface area contributed by atoms with Gasteiger partial charge in [0.05, 0.1) is 12.2 Å². The molecule has 1 rings (SSSR count). The maximum Gasteiger partial charge on any atom is 0.161 e. The van der Waals surface area contributed by atoms with Crippen LogP contribution in [0.1, 0.15) is 38.1 Å². The molecule has 0 aliphatic carbocycles. The molecule has 0 atom stereocenters. The first-order chi connectivity index (χ1) is 8.29. The predicted octanol–water partition coefficient (Wildman–Crippen LogP) is 2.67. The molecule has 4 heteroatoms. The van der Waals surface area contributed by atoms with E-state index in [1.165, 1.54) is 6.92 Å². The smallest absolute Gasteiger partial charge is 0.161 e. The van der Waals surface area contributed by atoms with Crippen molar-refractivity contribution < 1.29 is 14.3 Å². The van der Waals surface area contributed by atoms with Crippen LogP contribution < -0.4 is 10.5 Å². The van der Waals surface area contributed by atoms with Crippen molar-refractivity contribution in [2.45, 2.75) is 33.3 Å². The van der Waals surface area contributed by atoms with E-state index in [9.17, 15) is 4.79 Å². The molecule has 1 aromatic rings. The minimum absolute atomic E-state index is 0.0462. The Labute approximate surface area is 108 Å². The molecule has 0 aliphatic rings. The van der Waals surface area contributed by atoms with Crippen LogP contribution in [-0.4, -0.2) is 24.6 Å². The van der Waals surface area contributed by atoms with Gasteiger partial charge in [-0.3, -0.25) is 4.79 Å². The molecule has 0 saturated heterocycles. The minimum Gasteiger partial charge on any atom is -0.491 e. The average Bonchev–Trinajstić information content (AvgIpc) is 2.22. The van der Waals surface area contributed by atoms with Gasteiger partial charge in [0, 0.05) is 17.3 Å². The highest BCUT2D eigenvalue weighted by Gasteiger charge is 2.10. The Bertz CT molecular complexity index is 422. The van der Waals surface area contributed by atoms with Crippen molar-refractivity contribution in [2.75, 3.05) is 18.9 Å². The largest absolute Gasteiger partial charge is 0.491 e.